The highest BCUT2D eigenvalue weighted by Crippen LogP contribution is 2.13. The van der Waals surface area contributed by atoms with Crippen molar-refractivity contribution < 1.29 is 14.7 Å². The molecule has 4 nitrogen and oxygen atoms in total. The lowest BCUT2D eigenvalue weighted by Gasteiger charge is -2.09. The average molecular weight is 316 g/mol. The molecule has 2 N–H and O–H groups in total. The Labute approximate surface area is 127 Å². The molecular weight excluding hydrogens is 298 g/mol. The fourth-order valence-corrected chi connectivity index (χ4v) is 2.62. The molecule has 1 aromatic carbocycles. The Bertz CT molecular complexity index is 467. The number of carboxylic acid groups (broad SMARTS) is 1. The van der Waals surface area contributed by atoms with Crippen molar-refractivity contribution in [1.29, 1.82) is 0 Å². The first kappa shape index (κ1) is 16.9. The SMILES string of the molecule is CC(CC(=O)O)SCC(=O)NCCc1cccc(Cl)c1. The second-order valence-corrected chi connectivity index (χ2v) is 6.31. The van der Waals surface area contributed by atoms with Gasteiger partial charge in [0.15, 0.2) is 0 Å². The standard InChI is InChI=1S/C14H18ClNO3S/c1-10(7-14(18)19)20-9-13(17)16-6-5-11-3-2-4-12(15)8-11/h2-4,8,10H,5-7,9H2,1H3,(H,16,17)(H,18,19). The van der Waals surface area contributed by atoms with Crippen molar-refractivity contribution in [2.24, 2.45) is 0 Å². The summed E-state index contributed by atoms with van der Waals surface area (Å²) in [4.78, 5) is 22.1. The molecule has 0 saturated carbocycles. The lowest BCUT2D eigenvalue weighted by molar-refractivity contribution is -0.136. The number of nitrogens with one attached hydrogen (secondary N) is 1. The van der Waals surface area contributed by atoms with Crippen molar-refractivity contribution in [3.8, 4) is 0 Å². The summed E-state index contributed by atoms with van der Waals surface area (Å²) in [6.45, 7) is 2.35. The summed E-state index contributed by atoms with van der Waals surface area (Å²) in [6.07, 6.45) is 0.794. The van der Waals surface area contributed by atoms with Crippen LogP contribution in [0.1, 0.15) is 18.9 Å². The van der Waals surface area contributed by atoms with Gasteiger partial charge in [0.25, 0.3) is 0 Å². The maximum Gasteiger partial charge on any atom is 0.304 e. The van der Waals surface area contributed by atoms with Crippen molar-refractivity contribution in [3.05, 3.63) is 34.9 Å². The van der Waals surface area contributed by atoms with Crippen LogP contribution in [0.4, 0.5) is 0 Å². The topological polar surface area (TPSA) is 66.4 Å². The van der Waals surface area contributed by atoms with Gasteiger partial charge in [-0.05, 0) is 24.1 Å². The largest absolute Gasteiger partial charge is 0.481 e. The van der Waals surface area contributed by atoms with Crippen LogP contribution in [0.2, 0.25) is 5.02 Å². The van der Waals surface area contributed by atoms with Crippen LogP contribution in [0, 0.1) is 0 Å². The van der Waals surface area contributed by atoms with Crippen molar-refractivity contribution >= 4 is 35.2 Å². The first-order chi connectivity index (χ1) is 9.47. The zero-order valence-electron chi connectivity index (χ0n) is 11.3. The van der Waals surface area contributed by atoms with E-state index >= 15 is 0 Å². The fraction of sp³-hybridized carbons (Fsp3) is 0.429. The Morgan fingerprint density at radius 3 is 2.85 bits per heavy atom. The number of carbonyl (C=O) groups excluding carboxylic acids is 1. The van der Waals surface area contributed by atoms with Gasteiger partial charge in [-0.25, -0.2) is 0 Å². The third-order valence-corrected chi connectivity index (χ3v) is 3.99. The van der Waals surface area contributed by atoms with E-state index in [-0.39, 0.29) is 23.3 Å². The Morgan fingerprint density at radius 2 is 2.20 bits per heavy atom. The number of aliphatic carboxylic acids is 1. The van der Waals surface area contributed by atoms with Gasteiger partial charge in [0.2, 0.25) is 5.91 Å². The van der Waals surface area contributed by atoms with Crippen LogP contribution < -0.4 is 5.32 Å². The normalized spacial score (nSPS) is 11.9. The highest BCUT2D eigenvalue weighted by atomic mass is 35.5. The molecule has 0 fully saturated rings. The lowest BCUT2D eigenvalue weighted by atomic mass is 10.1. The Morgan fingerprint density at radius 1 is 1.45 bits per heavy atom. The minimum atomic E-state index is -0.841. The summed E-state index contributed by atoms with van der Waals surface area (Å²) >= 11 is 7.22. The van der Waals surface area contributed by atoms with E-state index in [0.717, 1.165) is 12.0 Å². The minimum absolute atomic E-state index is 0.0637. The lowest BCUT2D eigenvalue weighted by Crippen LogP contribution is -2.28. The van der Waals surface area contributed by atoms with E-state index in [1.807, 2.05) is 24.3 Å². The van der Waals surface area contributed by atoms with E-state index in [2.05, 4.69) is 5.32 Å². The number of rotatable bonds is 8. The molecule has 1 amide bonds. The van der Waals surface area contributed by atoms with Crippen LogP contribution >= 0.6 is 23.4 Å². The quantitative estimate of drug-likeness (QED) is 0.774. The van der Waals surface area contributed by atoms with E-state index < -0.39 is 5.97 Å². The van der Waals surface area contributed by atoms with Crippen LogP contribution in [-0.4, -0.2) is 34.5 Å². The summed E-state index contributed by atoms with van der Waals surface area (Å²) in [5.74, 6) is -0.634. The van der Waals surface area contributed by atoms with E-state index in [0.29, 0.717) is 11.6 Å². The van der Waals surface area contributed by atoms with Gasteiger partial charge >= 0.3 is 5.97 Å². The minimum Gasteiger partial charge on any atom is -0.481 e. The van der Waals surface area contributed by atoms with Gasteiger partial charge in [0.1, 0.15) is 0 Å². The molecule has 1 aromatic rings. The molecule has 6 heteroatoms. The Balaban J connectivity index is 2.18. The molecule has 0 aliphatic carbocycles. The predicted octanol–water partition coefficient (Wildman–Crippen LogP) is 2.60. The number of amides is 1. The molecule has 110 valence electrons. The van der Waals surface area contributed by atoms with Gasteiger partial charge in [0.05, 0.1) is 12.2 Å². The number of hydrogen-bond donors (Lipinski definition) is 2. The van der Waals surface area contributed by atoms with Crippen molar-refractivity contribution in [2.45, 2.75) is 25.0 Å². The Kier molecular flexibility index (Phi) is 7.47. The number of benzene rings is 1. The molecule has 20 heavy (non-hydrogen) atoms. The summed E-state index contributed by atoms with van der Waals surface area (Å²) in [5.41, 5.74) is 1.07. The van der Waals surface area contributed by atoms with Gasteiger partial charge in [-0.1, -0.05) is 30.7 Å². The van der Waals surface area contributed by atoms with Crippen molar-refractivity contribution in [3.63, 3.8) is 0 Å². The van der Waals surface area contributed by atoms with Crippen LogP contribution in [0.5, 0.6) is 0 Å². The van der Waals surface area contributed by atoms with Crippen LogP contribution in [0.3, 0.4) is 0 Å². The highest BCUT2D eigenvalue weighted by Gasteiger charge is 2.10. The van der Waals surface area contributed by atoms with E-state index in [1.54, 1.807) is 6.92 Å². The summed E-state index contributed by atoms with van der Waals surface area (Å²) in [7, 11) is 0. The molecule has 0 aromatic heterocycles. The number of halogens is 1. The van der Waals surface area contributed by atoms with Crippen molar-refractivity contribution in [1.82, 2.24) is 5.32 Å². The van der Waals surface area contributed by atoms with Crippen LogP contribution in [0.15, 0.2) is 24.3 Å². The molecular formula is C14H18ClNO3S. The van der Waals surface area contributed by atoms with Gasteiger partial charge < -0.3 is 10.4 Å². The summed E-state index contributed by atoms with van der Waals surface area (Å²) in [5, 5.41) is 12.0. The zero-order valence-corrected chi connectivity index (χ0v) is 12.8. The highest BCUT2D eigenvalue weighted by molar-refractivity contribution is 8.00. The van der Waals surface area contributed by atoms with Crippen LogP contribution in [-0.2, 0) is 16.0 Å². The zero-order chi connectivity index (χ0) is 15.0. The molecule has 0 heterocycles. The van der Waals surface area contributed by atoms with E-state index in [4.69, 9.17) is 16.7 Å². The number of thioether (sulfide) groups is 1. The first-order valence-electron chi connectivity index (χ1n) is 6.32. The second kappa shape index (κ2) is 8.87. The first-order valence-corrected chi connectivity index (χ1v) is 7.74. The van der Waals surface area contributed by atoms with Gasteiger partial charge in [0, 0.05) is 16.8 Å². The molecule has 0 radical (unpaired) electrons. The maximum atomic E-state index is 11.6. The number of hydrogen-bond acceptors (Lipinski definition) is 3. The predicted molar refractivity (Wildman–Crippen MR) is 82.3 cm³/mol. The maximum absolute atomic E-state index is 11.6. The van der Waals surface area contributed by atoms with Crippen molar-refractivity contribution in [2.75, 3.05) is 12.3 Å². The fourth-order valence-electron chi connectivity index (χ4n) is 1.61. The van der Waals surface area contributed by atoms with Gasteiger partial charge in [-0.3, -0.25) is 9.59 Å². The molecule has 1 rings (SSSR count). The second-order valence-electron chi connectivity index (χ2n) is 4.45. The third-order valence-electron chi connectivity index (χ3n) is 2.59. The molecule has 1 atom stereocenters. The van der Waals surface area contributed by atoms with E-state index in [9.17, 15) is 9.59 Å². The molecule has 0 saturated heterocycles. The van der Waals surface area contributed by atoms with Gasteiger partial charge in [-0.2, -0.15) is 0 Å². The third kappa shape index (κ3) is 7.40. The monoisotopic (exact) mass is 315 g/mol. The molecule has 0 spiro atoms. The number of carbonyl (C=O) groups is 2. The molecule has 1 unspecified atom stereocenters. The molecule has 0 aliphatic rings. The molecule has 0 aliphatic heterocycles. The smallest absolute Gasteiger partial charge is 0.304 e. The average Bonchev–Trinajstić information content (AvgIpc) is 2.36. The summed E-state index contributed by atoms with van der Waals surface area (Å²) in [6, 6.07) is 7.52. The van der Waals surface area contributed by atoms with Gasteiger partial charge in [-0.15, -0.1) is 11.8 Å². The van der Waals surface area contributed by atoms with E-state index in [1.165, 1.54) is 11.8 Å². The summed E-state index contributed by atoms with van der Waals surface area (Å²) < 4.78 is 0. The number of carboxylic acids is 1. The Hall–Kier alpha value is -1.20. The molecule has 0 bridgehead atoms. The van der Waals surface area contributed by atoms with Crippen LogP contribution in [0.25, 0.3) is 0 Å².